The molecule has 4 rings (SSSR count). The molecule has 3 heterocycles. The van der Waals surface area contributed by atoms with Crippen LogP contribution in [0.5, 0.6) is 5.75 Å². The molecule has 0 amide bonds. The molecule has 2 aromatic rings. The molecular weight excluding hydrogens is 330 g/mol. The molecule has 0 aliphatic carbocycles. The zero-order valence-corrected chi connectivity index (χ0v) is 15.6. The molecule has 0 unspecified atom stereocenters. The number of pyridine rings is 1. The average molecular weight is 353 g/mol. The molecule has 4 nitrogen and oxygen atoms in total. The number of hydrogen-bond acceptors (Lipinski definition) is 5. The van der Waals surface area contributed by atoms with Crippen LogP contribution in [0.4, 0.5) is 0 Å². The van der Waals surface area contributed by atoms with Crippen LogP contribution in [-0.2, 0) is 0 Å². The maximum Gasteiger partial charge on any atom is 0.160 e. The Morgan fingerprint density at radius 2 is 1.96 bits per heavy atom. The molecule has 2 aliphatic rings. The molecule has 1 aromatic carbocycles. The van der Waals surface area contributed by atoms with Crippen molar-refractivity contribution in [1.29, 1.82) is 0 Å². The van der Waals surface area contributed by atoms with E-state index in [4.69, 9.17) is 9.73 Å². The molecule has 130 valence electrons. The molecule has 25 heavy (non-hydrogen) atoms. The molecule has 3 atom stereocenters. The smallest absolute Gasteiger partial charge is 0.160 e. The van der Waals surface area contributed by atoms with Gasteiger partial charge in [-0.2, -0.15) is 0 Å². The van der Waals surface area contributed by atoms with Crippen LogP contribution in [0.15, 0.2) is 53.7 Å². The molecule has 0 N–H and O–H groups in total. The van der Waals surface area contributed by atoms with Gasteiger partial charge in [-0.1, -0.05) is 36.9 Å². The van der Waals surface area contributed by atoms with Crippen molar-refractivity contribution in [3.8, 4) is 5.75 Å². The molecule has 0 spiro atoms. The summed E-state index contributed by atoms with van der Waals surface area (Å²) in [5.41, 5.74) is 2.30. The molecule has 1 saturated heterocycles. The molecule has 0 bridgehead atoms. The lowest BCUT2D eigenvalue weighted by Crippen LogP contribution is -2.28. The number of nitrogens with zero attached hydrogens (tertiary/aromatic N) is 3. The monoisotopic (exact) mass is 353 g/mol. The first kappa shape index (κ1) is 16.5. The quantitative estimate of drug-likeness (QED) is 0.813. The number of ether oxygens (including phenoxy) is 1. The first-order valence-corrected chi connectivity index (χ1v) is 9.68. The van der Waals surface area contributed by atoms with Crippen molar-refractivity contribution in [3.05, 3.63) is 59.9 Å². The van der Waals surface area contributed by atoms with E-state index >= 15 is 0 Å². The molecule has 0 radical (unpaired) electrons. The van der Waals surface area contributed by atoms with Crippen LogP contribution in [0.1, 0.15) is 44.1 Å². The van der Waals surface area contributed by atoms with Crippen molar-refractivity contribution in [2.24, 2.45) is 4.99 Å². The molecule has 0 saturated carbocycles. The number of hydrogen-bond donors (Lipinski definition) is 0. The SMILES string of the molecule is CC(C)Oc1ccc([C@H]2[C@@H](c3ccccn3)N=C3S[C@@H](C)CN32)cc1. The van der Waals surface area contributed by atoms with Crippen LogP contribution < -0.4 is 4.74 Å². The standard InChI is InChI=1S/C20H23N3OS/c1-13(2)24-16-9-7-15(8-10-16)19-18(17-6-4-5-11-21-17)22-20-23(19)12-14(3)25-20/h4-11,13-14,18-19H,12H2,1-3H3/t14-,18+,19-/m0/s1. The fraction of sp³-hybridized carbons (Fsp3) is 0.400. The van der Waals surface area contributed by atoms with Crippen molar-refractivity contribution in [1.82, 2.24) is 9.88 Å². The average Bonchev–Trinajstić information content (AvgIpc) is 3.12. The zero-order chi connectivity index (χ0) is 17.4. The van der Waals surface area contributed by atoms with Crippen LogP contribution in [0.3, 0.4) is 0 Å². The van der Waals surface area contributed by atoms with E-state index in [9.17, 15) is 0 Å². The summed E-state index contributed by atoms with van der Waals surface area (Å²) in [7, 11) is 0. The van der Waals surface area contributed by atoms with Gasteiger partial charge in [0.15, 0.2) is 5.17 Å². The van der Waals surface area contributed by atoms with Crippen LogP contribution in [0.2, 0.25) is 0 Å². The van der Waals surface area contributed by atoms with Crippen molar-refractivity contribution in [2.75, 3.05) is 6.54 Å². The topological polar surface area (TPSA) is 37.7 Å². The van der Waals surface area contributed by atoms with Gasteiger partial charge in [0.1, 0.15) is 11.8 Å². The molecule has 2 aliphatic heterocycles. The Hall–Kier alpha value is -2.01. The largest absolute Gasteiger partial charge is 0.491 e. The van der Waals surface area contributed by atoms with Gasteiger partial charge in [-0.05, 0) is 43.7 Å². The van der Waals surface area contributed by atoms with Crippen molar-refractivity contribution in [3.63, 3.8) is 0 Å². The summed E-state index contributed by atoms with van der Waals surface area (Å²) in [5, 5.41) is 1.73. The van der Waals surface area contributed by atoms with Crippen molar-refractivity contribution in [2.45, 2.75) is 44.2 Å². The minimum Gasteiger partial charge on any atom is -0.491 e. The highest BCUT2D eigenvalue weighted by Crippen LogP contribution is 2.47. The van der Waals surface area contributed by atoms with Gasteiger partial charge >= 0.3 is 0 Å². The van der Waals surface area contributed by atoms with Crippen molar-refractivity contribution < 1.29 is 4.74 Å². The summed E-state index contributed by atoms with van der Waals surface area (Å²) in [5.74, 6) is 0.913. The molecular formula is C20H23N3OS. The number of amidine groups is 1. The highest BCUT2D eigenvalue weighted by atomic mass is 32.2. The van der Waals surface area contributed by atoms with E-state index in [0.717, 1.165) is 23.2 Å². The molecule has 1 fully saturated rings. The normalized spacial score (nSPS) is 25.2. The Bertz CT molecular complexity index is 760. The van der Waals surface area contributed by atoms with Crippen LogP contribution >= 0.6 is 11.8 Å². The van der Waals surface area contributed by atoms with Crippen molar-refractivity contribution >= 4 is 16.9 Å². The number of thioether (sulfide) groups is 1. The number of fused-ring (bicyclic) bond motifs is 1. The fourth-order valence-corrected chi connectivity index (χ4v) is 4.59. The minimum atomic E-state index is 0.0491. The van der Waals surface area contributed by atoms with Gasteiger partial charge in [0.05, 0.1) is 17.8 Å². The van der Waals surface area contributed by atoms with E-state index < -0.39 is 0 Å². The third kappa shape index (κ3) is 3.25. The van der Waals surface area contributed by atoms with Gasteiger partial charge in [-0.3, -0.25) is 9.98 Å². The van der Waals surface area contributed by atoms with E-state index in [1.165, 1.54) is 5.56 Å². The lowest BCUT2D eigenvalue weighted by atomic mass is 9.96. The lowest BCUT2D eigenvalue weighted by molar-refractivity contribution is 0.242. The predicted octanol–water partition coefficient (Wildman–Crippen LogP) is 4.46. The van der Waals surface area contributed by atoms with Gasteiger partial charge in [0.2, 0.25) is 0 Å². The maximum atomic E-state index is 5.79. The van der Waals surface area contributed by atoms with Crippen LogP contribution in [-0.4, -0.2) is 33.0 Å². The predicted molar refractivity (Wildman–Crippen MR) is 103 cm³/mol. The van der Waals surface area contributed by atoms with E-state index in [1.807, 2.05) is 43.9 Å². The van der Waals surface area contributed by atoms with Gasteiger partial charge < -0.3 is 9.64 Å². The molecule has 1 aromatic heterocycles. The number of rotatable bonds is 4. The van der Waals surface area contributed by atoms with Crippen LogP contribution in [0, 0.1) is 0 Å². The van der Waals surface area contributed by atoms with E-state index in [-0.39, 0.29) is 18.2 Å². The Kier molecular flexibility index (Phi) is 4.42. The third-order valence-electron chi connectivity index (χ3n) is 4.47. The summed E-state index contributed by atoms with van der Waals surface area (Å²) in [4.78, 5) is 12.0. The second kappa shape index (κ2) is 6.71. The van der Waals surface area contributed by atoms with Crippen LogP contribution in [0.25, 0.3) is 0 Å². The van der Waals surface area contributed by atoms with E-state index in [2.05, 4.69) is 47.1 Å². The second-order valence-corrected chi connectivity index (χ2v) is 8.28. The third-order valence-corrected chi connectivity index (χ3v) is 5.58. The van der Waals surface area contributed by atoms with Gasteiger partial charge in [-0.25, -0.2) is 0 Å². The summed E-state index contributed by atoms with van der Waals surface area (Å²) >= 11 is 1.87. The second-order valence-electron chi connectivity index (χ2n) is 6.87. The van der Waals surface area contributed by atoms with Gasteiger partial charge in [0, 0.05) is 18.0 Å². The molecule has 5 heteroatoms. The zero-order valence-electron chi connectivity index (χ0n) is 14.8. The maximum absolute atomic E-state index is 5.79. The fourth-order valence-electron chi connectivity index (χ4n) is 3.49. The van der Waals surface area contributed by atoms with E-state index in [0.29, 0.717) is 5.25 Å². The number of aromatic nitrogens is 1. The van der Waals surface area contributed by atoms with Gasteiger partial charge in [0.25, 0.3) is 0 Å². The summed E-state index contributed by atoms with van der Waals surface area (Å²) in [6.45, 7) is 7.38. The Morgan fingerprint density at radius 3 is 2.64 bits per heavy atom. The Balaban J connectivity index is 1.67. The minimum absolute atomic E-state index is 0.0491. The Labute approximate surface area is 153 Å². The first-order chi connectivity index (χ1) is 12.1. The van der Waals surface area contributed by atoms with Gasteiger partial charge in [-0.15, -0.1) is 0 Å². The first-order valence-electron chi connectivity index (χ1n) is 8.80. The Morgan fingerprint density at radius 1 is 1.16 bits per heavy atom. The summed E-state index contributed by atoms with van der Waals surface area (Å²) < 4.78 is 5.79. The highest BCUT2D eigenvalue weighted by molar-refractivity contribution is 8.14. The lowest BCUT2D eigenvalue weighted by Gasteiger charge is -2.27. The summed E-state index contributed by atoms with van der Waals surface area (Å²) in [6.07, 6.45) is 2.04. The van der Waals surface area contributed by atoms with E-state index in [1.54, 1.807) is 0 Å². The number of aliphatic imine (C=N–C) groups is 1. The number of benzene rings is 1. The highest BCUT2D eigenvalue weighted by Gasteiger charge is 2.43. The summed E-state index contributed by atoms with van der Waals surface area (Å²) in [6, 6.07) is 14.8.